The van der Waals surface area contributed by atoms with E-state index in [-0.39, 0.29) is 54.7 Å². The summed E-state index contributed by atoms with van der Waals surface area (Å²) in [6, 6.07) is 6.67. The number of carbonyl (C=O) groups is 1. The molecule has 0 aliphatic carbocycles. The van der Waals surface area contributed by atoms with Crippen molar-refractivity contribution >= 4 is 27.1 Å². The van der Waals surface area contributed by atoms with Crippen LogP contribution in [-0.2, 0) is 35.5 Å². The molecule has 4 rings (SSSR count). The third-order valence-corrected chi connectivity index (χ3v) is 7.69. The quantitative estimate of drug-likeness (QED) is 0.507. The molecule has 0 unspecified atom stereocenters. The minimum atomic E-state index is -3.62. The van der Waals surface area contributed by atoms with Gasteiger partial charge < -0.3 is 9.47 Å². The van der Waals surface area contributed by atoms with Crippen LogP contribution < -0.4 is 11.2 Å². The highest BCUT2D eigenvalue weighted by atomic mass is 32.2. The van der Waals surface area contributed by atoms with E-state index in [0.717, 1.165) is 10.1 Å². The second-order valence-electron chi connectivity index (χ2n) is 7.85. The molecule has 1 saturated heterocycles. The number of carbonyl (C=O) groups excluding carboxylic acids is 1. The first-order valence-electron chi connectivity index (χ1n) is 10.1. The Morgan fingerprint density at radius 1 is 1.00 bits per heavy atom. The number of nitrogens with zero attached hydrogens (tertiary/aromatic N) is 6. The van der Waals surface area contributed by atoms with Gasteiger partial charge in [0.25, 0.3) is 5.56 Å². The maximum atomic E-state index is 12.9. The number of piperazine rings is 1. The van der Waals surface area contributed by atoms with E-state index >= 15 is 0 Å². The molecule has 1 fully saturated rings. The summed E-state index contributed by atoms with van der Waals surface area (Å²) in [6.45, 7) is 2.61. The molecule has 1 aliphatic rings. The molecule has 0 radical (unpaired) electrons. The van der Waals surface area contributed by atoms with Crippen LogP contribution in [0.1, 0.15) is 5.56 Å². The molecule has 0 N–H and O–H groups in total. The van der Waals surface area contributed by atoms with E-state index in [2.05, 4.69) is 4.98 Å². The molecule has 32 heavy (non-hydrogen) atoms. The summed E-state index contributed by atoms with van der Waals surface area (Å²) in [5.41, 5.74) is 0.331. The zero-order valence-corrected chi connectivity index (χ0v) is 18.9. The summed E-state index contributed by atoms with van der Waals surface area (Å²) in [5.74, 6) is -0.257. The van der Waals surface area contributed by atoms with E-state index in [1.54, 1.807) is 29.2 Å². The number of amides is 1. The zero-order chi connectivity index (χ0) is 23.2. The number of hydrogen-bond acceptors (Lipinski definition) is 6. The van der Waals surface area contributed by atoms with Gasteiger partial charge >= 0.3 is 5.69 Å². The standard InChI is InChI=1S/C20H24N6O5S/c1-14-4-6-15(7-5-14)32(30,31)26-10-8-24(9-11-26)16(27)12-25-13-21-18-17(25)19(28)23(3)20(29)22(18)2/h4-7,13H,8-12H2,1-3H3. The number of benzene rings is 1. The second kappa shape index (κ2) is 8.02. The smallest absolute Gasteiger partial charge is 0.332 e. The fourth-order valence-electron chi connectivity index (χ4n) is 3.80. The monoisotopic (exact) mass is 460 g/mol. The summed E-state index contributed by atoms with van der Waals surface area (Å²) < 4.78 is 30.7. The molecular weight excluding hydrogens is 436 g/mol. The fourth-order valence-corrected chi connectivity index (χ4v) is 5.22. The second-order valence-corrected chi connectivity index (χ2v) is 9.79. The number of fused-ring (bicyclic) bond motifs is 1. The summed E-state index contributed by atoms with van der Waals surface area (Å²) in [5, 5.41) is 0. The molecule has 11 nitrogen and oxygen atoms in total. The number of hydrogen-bond donors (Lipinski definition) is 0. The predicted octanol–water partition coefficient (Wildman–Crippen LogP) is -0.725. The fraction of sp³-hybridized carbons (Fsp3) is 0.400. The van der Waals surface area contributed by atoms with Gasteiger partial charge in [0, 0.05) is 40.3 Å². The topological polar surface area (TPSA) is 120 Å². The van der Waals surface area contributed by atoms with E-state index in [9.17, 15) is 22.8 Å². The molecule has 0 atom stereocenters. The molecule has 0 saturated carbocycles. The van der Waals surface area contributed by atoms with Crippen LogP contribution in [0.25, 0.3) is 11.2 Å². The van der Waals surface area contributed by atoms with Gasteiger partial charge in [-0.25, -0.2) is 18.2 Å². The summed E-state index contributed by atoms with van der Waals surface area (Å²) in [6.07, 6.45) is 1.36. The Labute approximate surface area is 184 Å². The van der Waals surface area contributed by atoms with Crippen molar-refractivity contribution in [2.45, 2.75) is 18.4 Å². The largest absolute Gasteiger partial charge is 0.339 e. The van der Waals surface area contributed by atoms with Crippen LogP contribution in [0.3, 0.4) is 0 Å². The highest BCUT2D eigenvalue weighted by Crippen LogP contribution is 2.18. The lowest BCUT2D eigenvalue weighted by atomic mass is 10.2. The van der Waals surface area contributed by atoms with Crippen LogP contribution in [0.2, 0.25) is 0 Å². The lowest BCUT2D eigenvalue weighted by molar-refractivity contribution is -0.132. The average molecular weight is 461 g/mol. The van der Waals surface area contributed by atoms with Crippen molar-refractivity contribution in [3.8, 4) is 0 Å². The number of sulfonamides is 1. The van der Waals surface area contributed by atoms with Crippen LogP contribution in [0.4, 0.5) is 0 Å². The lowest BCUT2D eigenvalue weighted by Crippen LogP contribution is -2.51. The number of aryl methyl sites for hydroxylation is 2. The third-order valence-electron chi connectivity index (χ3n) is 5.77. The summed E-state index contributed by atoms with van der Waals surface area (Å²) >= 11 is 0. The Morgan fingerprint density at radius 3 is 2.25 bits per heavy atom. The van der Waals surface area contributed by atoms with Crippen molar-refractivity contribution in [2.24, 2.45) is 14.1 Å². The van der Waals surface area contributed by atoms with E-state index in [0.29, 0.717) is 0 Å². The van der Waals surface area contributed by atoms with Crippen LogP contribution in [0.15, 0.2) is 45.1 Å². The first-order chi connectivity index (χ1) is 15.1. The van der Waals surface area contributed by atoms with E-state index in [1.165, 1.54) is 33.9 Å². The minimum absolute atomic E-state index is 0.130. The van der Waals surface area contributed by atoms with Crippen LogP contribution in [0.5, 0.6) is 0 Å². The maximum Gasteiger partial charge on any atom is 0.332 e. The first kappa shape index (κ1) is 22.0. The average Bonchev–Trinajstić information content (AvgIpc) is 3.20. The van der Waals surface area contributed by atoms with E-state index in [1.807, 2.05) is 6.92 Å². The van der Waals surface area contributed by atoms with Crippen LogP contribution >= 0.6 is 0 Å². The molecule has 170 valence electrons. The van der Waals surface area contributed by atoms with Gasteiger partial charge in [0.1, 0.15) is 6.54 Å². The van der Waals surface area contributed by atoms with Crippen LogP contribution in [-0.4, -0.2) is 68.4 Å². The van der Waals surface area contributed by atoms with Crippen molar-refractivity contribution in [1.82, 2.24) is 27.9 Å². The van der Waals surface area contributed by atoms with Gasteiger partial charge in [0.15, 0.2) is 11.2 Å². The van der Waals surface area contributed by atoms with Crippen LogP contribution in [0, 0.1) is 6.92 Å². The molecule has 1 aromatic carbocycles. The Kier molecular flexibility index (Phi) is 5.51. The Hall–Kier alpha value is -3.25. The summed E-state index contributed by atoms with van der Waals surface area (Å²) in [4.78, 5) is 43.4. The van der Waals surface area contributed by atoms with Crippen molar-refractivity contribution in [3.63, 3.8) is 0 Å². The van der Waals surface area contributed by atoms with Gasteiger partial charge in [-0.1, -0.05) is 17.7 Å². The molecule has 0 spiro atoms. The molecular formula is C20H24N6O5S. The molecule has 3 aromatic rings. The molecule has 3 heterocycles. The van der Waals surface area contributed by atoms with Gasteiger partial charge in [-0.3, -0.25) is 18.7 Å². The van der Waals surface area contributed by atoms with Crippen molar-refractivity contribution in [1.29, 1.82) is 0 Å². The van der Waals surface area contributed by atoms with Gasteiger partial charge in [-0.2, -0.15) is 4.31 Å². The third kappa shape index (κ3) is 3.65. The maximum absolute atomic E-state index is 12.9. The molecule has 2 aromatic heterocycles. The van der Waals surface area contributed by atoms with E-state index < -0.39 is 21.3 Å². The normalized spacial score (nSPS) is 15.4. The highest BCUT2D eigenvalue weighted by molar-refractivity contribution is 7.89. The summed E-state index contributed by atoms with van der Waals surface area (Å²) in [7, 11) is -0.739. The Morgan fingerprint density at radius 2 is 1.62 bits per heavy atom. The highest BCUT2D eigenvalue weighted by Gasteiger charge is 2.30. The van der Waals surface area contributed by atoms with Gasteiger partial charge in [-0.15, -0.1) is 0 Å². The molecule has 12 heteroatoms. The van der Waals surface area contributed by atoms with Crippen molar-refractivity contribution in [3.05, 3.63) is 57.0 Å². The van der Waals surface area contributed by atoms with Crippen molar-refractivity contribution < 1.29 is 13.2 Å². The number of aromatic nitrogens is 4. The van der Waals surface area contributed by atoms with E-state index in [4.69, 9.17) is 0 Å². The zero-order valence-electron chi connectivity index (χ0n) is 18.1. The van der Waals surface area contributed by atoms with Gasteiger partial charge in [0.05, 0.1) is 11.2 Å². The molecule has 0 bridgehead atoms. The molecule has 1 amide bonds. The Bertz CT molecular complexity index is 1410. The lowest BCUT2D eigenvalue weighted by Gasteiger charge is -2.34. The number of rotatable bonds is 4. The van der Waals surface area contributed by atoms with Gasteiger partial charge in [0.2, 0.25) is 15.9 Å². The molecule has 1 aliphatic heterocycles. The number of imidazole rings is 1. The minimum Gasteiger partial charge on any atom is -0.339 e. The SMILES string of the molecule is Cc1ccc(S(=O)(=O)N2CCN(C(=O)Cn3cnc4c3c(=O)n(C)c(=O)n4C)CC2)cc1. The first-order valence-corrected chi connectivity index (χ1v) is 11.5. The van der Waals surface area contributed by atoms with Crippen molar-refractivity contribution in [2.75, 3.05) is 26.2 Å². The Balaban J connectivity index is 1.48. The van der Waals surface area contributed by atoms with Gasteiger partial charge in [-0.05, 0) is 19.1 Å². The predicted molar refractivity (Wildman–Crippen MR) is 117 cm³/mol.